The zero-order chi connectivity index (χ0) is 20.2. The third kappa shape index (κ3) is 4.34. The van der Waals surface area contributed by atoms with Gasteiger partial charge < -0.3 is 20.3 Å². The molecule has 7 nitrogen and oxygen atoms in total. The van der Waals surface area contributed by atoms with Crippen molar-refractivity contribution >= 4 is 17.5 Å². The van der Waals surface area contributed by atoms with Crippen molar-refractivity contribution in [2.75, 3.05) is 11.9 Å². The molecule has 1 aromatic heterocycles. The number of imidazole rings is 1. The van der Waals surface area contributed by atoms with E-state index in [9.17, 15) is 14.7 Å². The molecule has 1 aliphatic carbocycles. The maximum Gasteiger partial charge on any atom is 0.264 e. The molecule has 1 atom stereocenters. The van der Waals surface area contributed by atoms with E-state index in [1.54, 1.807) is 24.7 Å². The summed E-state index contributed by atoms with van der Waals surface area (Å²) in [6, 6.07) is 7.20. The molecule has 1 saturated carbocycles. The van der Waals surface area contributed by atoms with Crippen molar-refractivity contribution in [3.63, 3.8) is 0 Å². The van der Waals surface area contributed by atoms with E-state index in [2.05, 4.69) is 15.6 Å². The Bertz CT molecular complexity index is 897. The molecule has 1 aromatic carbocycles. The second kappa shape index (κ2) is 8.51. The van der Waals surface area contributed by atoms with Crippen LogP contribution in [0.3, 0.4) is 0 Å². The van der Waals surface area contributed by atoms with Crippen LogP contribution in [-0.4, -0.2) is 33.0 Å². The zero-order valence-corrected chi connectivity index (χ0v) is 16.3. The molecule has 152 valence electrons. The topological polar surface area (TPSA) is 96.3 Å². The van der Waals surface area contributed by atoms with Gasteiger partial charge in [-0.2, -0.15) is 0 Å². The van der Waals surface area contributed by atoms with Crippen LogP contribution in [0.1, 0.15) is 38.5 Å². The number of hydrogen-bond acceptors (Lipinski definition) is 4. The summed E-state index contributed by atoms with van der Waals surface area (Å²) in [5.41, 5.74) is 1.29. The molecule has 0 saturated heterocycles. The summed E-state index contributed by atoms with van der Waals surface area (Å²) in [7, 11) is 0. The van der Waals surface area contributed by atoms with Gasteiger partial charge in [0.25, 0.3) is 11.8 Å². The fraction of sp³-hybridized carbons (Fsp3) is 0.409. The van der Waals surface area contributed by atoms with Gasteiger partial charge in [0.15, 0.2) is 0 Å². The van der Waals surface area contributed by atoms with Crippen LogP contribution in [-0.2, 0) is 9.59 Å². The lowest BCUT2D eigenvalue weighted by atomic mass is 9.80. The summed E-state index contributed by atoms with van der Waals surface area (Å²) in [6.45, 7) is 0.386. The maximum absolute atomic E-state index is 12.7. The summed E-state index contributed by atoms with van der Waals surface area (Å²) < 4.78 is 1.85. The highest BCUT2D eigenvalue weighted by atomic mass is 16.3. The number of nitrogens with zero attached hydrogens (tertiary/aromatic N) is 2. The molecule has 2 aromatic rings. The van der Waals surface area contributed by atoms with Crippen molar-refractivity contribution in [1.82, 2.24) is 14.9 Å². The van der Waals surface area contributed by atoms with Crippen molar-refractivity contribution < 1.29 is 14.7 Å². The third-order valence-electron chi connectivity index (χ3n) is 5.88. The summed E-state index contributed by atoms with van der Waals surface area (Å²) in [5.74, 6) is -0.823. The van der Waals surface area contributed by atoms with E-state index >= 15 is 0 Å². The minimum atomic E-state index is -0.580. The van der Waals surface area contributed by atoms with Gasteiger partial charge in [-0.15, -0.1) is 0 Å². The highest BCUT2D eigenvalue weighted by Crippen LogP contribution is 2.33. The van der Waals surface area contributed by atoms with E-state index in [-0.39, 0.29) is 17.3 Å². The van der Waals surface area contributed by atoms with Gasteiger partial charge in [-0.05, 0) is 36.6 Å². The quantitative estimate of drug-likeness (QED) is 0.678. The highest BCUT2D eigenvalue weighted by Gasteiger charge is 2.34. The van der Waals surface area contributed by atoms with Crippen molar-refractivity contribution in [2.45, 2.75) is 38.5 Å². The minimum Gasteiger partial charge on any atom is -0.511 e. The number of anilines is 1. The molecule has 2 heterocycles. The first kappa shape index (κ1) is 19.2. The van der Waals surface area contributed by atoms with Gasteiger partial charge in [-0.25, -0.2) is 4.98 Å². The molecule has 0 radical (unpaired) electrons. The predicted octanol–water partition coefficient (Wildman–Crippen LogP) is 3.34. The molecule has 2 aliphatic rings. The Morgan fingerprint density at radius 1 is 1.21 bits per heavy atom. The van der Waals surface area contributed by atoms with Gasteiger partial charge in [0.1, 0.15) is 11.3 Å². The van der Waals surface area contributed by atoms with Crippen LogP contribution < -0.4 is 10.6 Å². The van der Waals surface area contributed by atoms with Crippen LogP contribution in [0.2, 0.25) is 0 Å². The van der Waals surface area contributed by atoms with Crippen molar-refractivity contribution in [2.24, 2.45) is 11.8 Å². The lowest BCUT2D eigenvalue weighted by Crippen LogP contribution is -2.42. The van der Waals surface area contributed by atoms with Crippen molar-refractivity contribution in [3.05, 3.63) is 54.3 Å². The van der Waals surface area contributed by atoms with Crippen molar-refractivity contribution in [3.8, 4) is 5.69 Å². The standard InChI is InChI=1S/C22H26N4O3/c27-20-16(12-15-4-2-1-3-5-15)13-24-21(28)19(20)22(29)25-17-6-8-18(9-7-17)26-11-10-23-14-26/h6-11,14-16,27H,1-5,12-13H2,(H,24,28)(H,25,29). The number of benzene rings is 1. The number of rotatable bonds is 5. The fourth-order valence-electron chi connectivity index (χ4n) is 4.28. The first-order chi connectivity index (χ1) is 14.1. The zero-order valence-electron chi connectivity index (χ0n) is 16.3. The summed E-state index contributed by atoms with van der Waals surface area (Å²) in [4.78, 5) is 29.0. The second-order valence-corrected chi connectivity index (χ2v) is 7.88. The van der Waals surface area contributed by atoms with Gasteiger partial charge in [0, 0.05) is 36.2 Å². The maximum atomic E-state index is 12.7. The van der Waals surface area contributed by atoms with Crippen LogP contribution in [0, 0.1) is 11.8 Å². The number of aromatic nitrogens is 2. The number of hydrogen-bond donors (Lipinski definition) is 3. The normalized spacial score (nSPS) is 20.4. The monoisotopic (exact) mass is 394 g/mol. The van der Waals surface area contributed by atoms with E-state index in [0.717, 1.165) is 24.9 Å². The summed E-state index contributed by atoms with van der Waals surface area (Å²) in [6.07, 6.45) is 12.0. The van der Waals surface area contributed by atoms with Gasteiger partial charge in [0.05, 0.1) is 6.33 Å². The smallest absolute Gasteiger partial charge is 0.264 e. The van der Waals surface area contributed by atoms with Gasteiger partial charge in [-0.1, -0.05) is 32.1 Å². The van der Waals surface area contributed by atoms with Gasteiger partial charge >= 0.3 is 0 Å². The van der Waals surface area contributed by atoms with E-state index in [4.69, 9.17) is 0 Å². The average Bonchev–Trinajstić information content (AvgIpc) is 3.26. The first-order valence-corrected chi connectivity index (χ1v) is 10.2. The SMILES string of the molecule is O=C1NCC(CC2CCCCC2)C(O)=C1C(=O)Nc1ccc(-n2ccnc2)cc1. The molecule has 0 spiro atoms. The molecule has 4 rings (SSSR count). The molecule has 1 aliphatic heterocycles. The van der Waals surface area contributed by atoms with Crippen LogP contribution in [0.5, 0.6) is 0 Å². The number of aliphatic hydroxyl groups excluding tert-OH is 1. The van der Waals surface area contributed by atoms with Crippen LogP contribution in [0.4, 0.5) is 5.69 Å². The Balaban J connectivity index is 1.46. The van der Waals surface area contributed by atoms with Gasteiger partial charge in [-0.3, -0.25) is 9.59 Å². The Labute approximate surface area is 169 Å². The largest absolute Gasteiger partial charge is 0.511 e. The molecule has 1 unspecified atom stereocenters. The van der Waals surface area contributed by atoms with E-state index in [1.165, 1.54) is 19.3 Å². The first-order valence-electron chi connectivity index (χ1n) is 10.2. The molecular formula is C22H26N4O3. The van der Waals surface area contributed by atoms with E-state index in [1.807, 2.05) is 22.9 Å². The number of aliphatic hydroxyl groups is 1. The molecule has 29 heavy (non-hydrogen) atoms. The number of nitrogens with one attached hydrogen (secondary N) is 2. The highest BCUT2D eigenvalue weighted by molar-refractivity contribution is 6.23. The van der Waals surface area contributed by atoms with Gasteiger partial charge in [0.2, 0.25) is 0 Å². The Kier molecular flexibility index (Phi) is 5.64. The molecule has 0 bridgehead atoms. The third-order valence-corrected chi connectivity index (χ3v) is 5.88. The summed E-state index contributed by atoms with van der Waals surface area (Å²) in [5, 5.41) is 16.2. The minimum absolute atomic E-state index is 0.0770. The van der Waals surface area contributed by atoms with E-state index in [0.29, 0.717) is 18.2 Å². The molecule has 1 fully saturated rings. The molecule has 2 amide bonds. The van der Waals surface area contributed by atoms with Crippen LogP contribution >= 0.6 is 0 Å². The average molecular weight is 394 g/mol. The van der Waals surface area contributed by atoms with E-state index < -0.39 is 11.8 Å². The lowest BCUT2D eigenvalue weighted by Gasteiger charge is -2.29. The van der Waals surface area contributed by atoms with Crippen LogP contribution in [0.25, 0.3) is 5.69 Å². The Morgan fingerprint density at radius 2 is 1.97 bits per heavy atom. The molecule has 3 N–H and O–H groups in total. The Morgan fingerprint density at radius 3 is 2.66 bits per heavy atom. The van der Waals surface area contributed by atoms with Crippen molar-refractivity contribution in [1.29, 1.82) is 0 Å². The second-order valence-electron chi connectivity index (χ2n) is 7.88. The number of carbonyl (C=O) groups excluding carboxylic acids is 2. The molecule has 7 heteroatoms. The number of amides is 2. The summed E-state index contributed by atoms with van der Waals surface area (Å²) >= 11 is 0. The predicted molar refractivity (Wildman–Crippen MR) is 110 cm³/mol. The molecular weight excluding hydrogens is 368 g/mol. The lowest BCUT2D eigenvalue weighted by molar-refractivity contribution is -0.122. The number of carbonyl (C=O) groups is 2. The fourth-order valence-corrected chi connectivity index (χ4v) is 4.28. The van der Waals surface area contributed by atoms with Crippen LogP contribution in [0.15, 0.2) is 54.3 Å². The Hall–Kier alpha value is -3.09.